The lowest BCUT2D eigenvalue weighted by Gasteiger charge is -1.85. The highest BCUT2D eigenvalue weighted by Crippen LogP contribution is 2.07. The largest absolute Gasteiger partial charge is 0.292 e. The number of rotatable bonds is 2. The number of ketones is 1. The van der Waals surface area contributed by atoms with Crippen molar-refractivity contribution in [2.75, 3.05) is 0 Å². The van der Waals surface area contributed by atoms with Crippen LogP contribution in [0.4, 0.5) is 0 Å². The summed E-state index contributed by atoms with van der Waals surface area (Å²) in [5.41, 5.74) is 1.65. The maximum Gasteiger partial charge on any atom is 0.186 e. The van der Waals surface area contributed by atoms with Crippen LogP contribution in [0, 0.1) is 11.8 Å². The highest BCUT2D eigenvalue weighted by Gasteiger charge is 2.03. The summed E-state index contributed by atoms with van der Waals surface area (Å²) in [5, 5.41) is 0. The van der Waals surface area contributed by atoms with Crippen LogP contribution in [-0.2, 0) is 0 Å². The van der Waals surface area contributed by atoms with E-state index in [2.05, 4.69) is 16.8 Å². The molecule has 0 bridgehead atoms. The van der Waals surface area contributed by atoms with Crippen molar-refractivity contribution >= 4 is 17.1 Å². The molecule has 0 spiro atoms. The van der Waals surface area contributed by atoms with E-state index in [4.69, 9.17) is 0 Å². The molecule has 0 atom stereocenters. The molecule has 0 N–H and O–H groups in total. The second-order valence-electron chi connectivity index (χ2n) is 1.89. The topological polar surface area (TPSA) is 30.0 Å². The molecule has 1 aromatic rings. The number of hydrogen-bond donors (Lipinski definition) is 0. The second-order valence-corrected chi connectivity index (χ2v) is 2.78. The Bertz CT molecular complexity index is 292. The molecule has 11 heavy (non-hydrogen) atoms. The van der Waals surface area contributed by atoms with Crippen LogP contribution in [0.1, 0.15) is 23.0 Å². The number of carbonyl (C=O) groups excluding carboxylic acids is 1. The average Bonchev–Trinajstić information content (AvgIpc) is 2.52. The van der Waals surface area contributed by atoms with Crippen LogP contribution in [0.25, 0.3) is 0 Å². The Hall–Kier alpha value is -1.14. The van der Waals surface area contributed by atoms with Gasteiger partial charge in [-0.3, -0.25) is 9.78 Å². The normalized spacial score (nSPS) is 8.45. The molecule has 0 aliphatic carbocycles. The third-order valence-electron chi connectivity index (χ3n) is 1.13. The number of carbonyl (C=O) groups is 1. The summed E-state index contributed by atoms with van der Waals surface area (Å²) in [5.74, 6) is 5.45. The number of thiazole rings is 1. The molecule has 0 saturated carbocycles. The van der Waals surface area contributed by atoms with Gasteiger partial charge in [0.2, 0.25) is 0 Å². The maximum atomic E-state index is 11.1. The summed E-state index contributed by atoms with van der Waals surface area (Å²) >= 11 is 1.35. The summed E-state index contributed by atoms with van der Waals surface area (Å²) < 4.78 is 0. The van der Waals surface area contributed by atoms with Gasteiger partial charge in [0.15, 0.2) is 5.78 Å². The molecule has 0 radical (unpaired) electrons. The second kappa shape index (κ2) is 3.89. The van der Waals surface area contributed by atoms with Gasteiger partial charge in [0.05, 0.1) is 16.8 Å². The van der Waals surface area contributed by atoms with Gasteiger partial charge < -0.3 is 0 Å². The predicted molar refractivity (Wildman–Crippen MR) is 44.5 cm³/mol. The summed E-state index contributed by atoms with van der Waals surface area (Å²) in [6.07, 6.45) is 1.88. The third kappa shape index (κ3) is 2.17. The molecular formula is C8H7NOS. The summed E-state index contributed by atoms with van der Waals surface area (Å²) in [7, 11) is 0. The van der Waals surface area contributed by atoms with E-state index < -0.39 is 0 Å². The molecule has 1 rings (SSSR count). The van der Waals surface area contributed by atoms with Gasteiger partial charge in [0.1, 0.15) is 0 Å². The Morgan fingerprint density at radius 2 is 2.64 bits per heavy atom. The van der Waals surface area contributed by atoms with Gasteiger partial charge >= 0.3 is 0 Å². The zero-order valence-corrected chi connectivity index (χ0v) is 6.94. The molecule has 0 aliphatic heterocycles. The first kappa shape index (κ1) is 7.96. The van der Waals surface area contributed by atoms with Crippen molar-refractivity contribution in [2.24, 2.45) is 0 Å². The van der Waals surface area contributed by atoms with Gasteiger partial charge in [-0.2, -0.15) is 0 Å². The van der Waals surface area contributed by atoms with Crippen LogP contribution < -0.4 is 0 Å². The van der Waals surface area contributed by atoms with Crippen LogP contribution >= 0.6 is 11.3 Å². The van der Waals surface area contributed by atoms with Gasteiger partial charge in [-0.15, -0.1) is 17.3 Å². The first-order valence-electron chi connectivity index (χ1n) is 3.16. The Labute approximate surface area is 69.3 Å². The summed E-state index contributed by atoms with van der Waals surface area (Å²) in [6.45, 7) is 1.72. The first-order valence-corrected chi connectivity index (χ1v) is 4.04. The summed E-state index contributed by atoms with van der Waals surface area (Å²) in [6, 6.07) is 0. The minimum Gasteiger partial charge on any atom is -0.292 e. The van der Waals surface area contributed by atoms with Crippen molar-refractivity contribution in [3.8, 4) is 11.8 Å². The van der Waals surface area contributed by atoms with Gasteiger partial charge in [0, 0.05) is 6.20 Å². The molecule has 0 saturated heterocycles. The fraction of sp³-hybridized carbons (Fsp3) is 0.250. The Morgan fingerprint density at radius 1 is 1.82 bits per heavy atom. The number of Topliss-reactive ketones (excluding diaryl/α,β-unsaturated/α-hetero) is 1. The Morgan fingerprint density at radius 3 is 3.18 bits per heavy atom. The molecule has 1 aromatic heterocycles. The van der Waals surface area contributed by atoms with E-state index in [1.165, 1.54) is 11.3 Å². The minimum absolute atomic E-state index is 0.0573. The maximum absolute atomic E-state index is 11.1. The number of nitrogens with zero attached hydrogens (tertiary/aromatic N) is 1. The lowest BCUT2D eigenvalue weighted by atomic mass is 10.2. The molecule has 2 nitrogen and oxygen atoms in total. The lowest BCUT2D eigenvalue weighted by Crippen LogP contribution is -1.92. The van der Waals surface area contributed by atoms with Crippen LogP contribution in [0.2, 0.25) is 0 Å². The van der Waals surface area contributed by atoms with E-state index in [-0.39, 0.29) is 5.78 Å². The molecule has 56 valence electrons. The third-order valence-corrected chi connectivity index (χ3v) is 1.95. The van der Waals surface area contributed by atoms with Crippen LogP contribution in [0.15, 0.2) is 11.7 Å². The Balaban J connectivity index is 2.61. The van der Waals surface area contributed by atoms with E-state index >= 15 is 0 Å². The van der Waals surface area contributed by atoms with E-state index in [1.807, 2.05) is 0 Å². The fourth-order valence-electron chi connectivity index (χ4n) is 0.609. The first-order chi connectivity index (χ1) is 5.34. The highest BCUT2D eigenvalue weighted by molar-refractivity contribution is 7.11. The van der Waals surface area contributed by atoms with Gasteiger partial charge in [0.25, 0.3) is 0 Å². The van der Waals surface area contributed by atoms with E-state index in [1.54, 1.807) is 18.6 Å². The quantitative estimate of drug-likeness (QED) is 0.493. The van der Waals surface area contributed by atoms with Crippen molar-refractivity contribution < 1.29 is 4.79 Å². The van der Waals surface area contributed by atoms with Crippen molar-refractivity contribution in [2.45, 2.75) is 13.3 Å². The smallest absolute Gasteiger partial charge is 0.186 e. The van der Waals surface area contributed by atoms with Crippen LogP contribution in [0.5, 0.6) is 0 Å². The van der Waals surface area contributed by atoms with Gasteiger partial charge in [-0.1, -0.05) is 5.92 Å². The molecule has 0 unspecified atom stereocenters. The van der Waals surface area contributed by atoms with Crippen molar-refractivity contribution in [1.29, 1.82) is 0 Å². The lowest BCUT2D eigenvalue weighted by molar-refractivity contribution is 0.100. The molecular weight excluding hydrogens is 158 g/mol. The summed E-state index contributed by atoms with van der Waals surface area (Å²) in [4.78, 5) is 15.6. The molecule has 0 aliphatic rings. The van der Waals surface area contributed by atoms with Gasteiger partial charge in [-0.05, 0) is 6.92 Å². The molecule has 0 fully saturated rings. The number of aromatic nitrogens is 1. The van der Waals surface area contributed by atoms with Crippen LogP contribution in [-0.4, -0.2) is 10.8 Å². The van der Waals surface area contributed by atoms with E-state index in [0.717, 1.165) is 0 Å². The molecule has 3 heteroatoms. The van der Waals surface area contributed by atoms with E-state index in [9.17, 15) is 4.79 Å². The van der Waals surface area contributed by atoms with Crippen molar-refractivity contribution in [3.05, 3.63) is 16.6 Å². The molecule has 1 heterocycles. The standard InChI is InChI=1S/C8H7NOS/c1-2-3-4-7(10)8-5-9-6-11-8/h5-6H,4H2,1H3. The van der Waals surface area contributed by atoms with Crippen LogP contribution in [0.3, 0.4) is 0 Å². The number of hydrogen-bond acceptors (Lipinski definition) is 3. The average molecular weight is 165 g/mol. The fourth-order valence-corrected chi connectivity index (χ4v) is 1.17. The minimum atomic E-state index is 0.0573. The molecule has 0 amide bonds. The predicted octanol–water partition coefficient (Wildman–Crippen LogP) is 1.74. The van der Waals surface area contributed by atoms with Crippen molar-refractivity contribution in [1.82, 2.24) is 4.98 Å². The van der Waals surface area contributed by atoms with Crippen molar-refractivity contribution in [3.63, 3.8) is 0 Å². The van der Waals surface area contributed by atoms with E-state index in [0.29, 0.717) is 11.3 Å². The zero-order chi connectivity index (χ0) is 8.10. The van der Waals surface area contributed by atoms with Gasteiger partial charge in [-0.25, -0.2) is 0 Å². The zero-order valence-electron chi connectivity index (χ0n) is 6.13. The Kier molecular flexibility index (Phi) is 2.82. The highest BCUT2D eigenvalue weighted by atomic mass is 32.1. The molecule has 0 aromatic carbocycles. The monoisotopic (exact) mass is 165 g/mol. The SMILES string of the molecule is CC#CCC(=O)c1cncs1.